The number of amides is 1. The summed E-state index contributed by atoms with van der Waals surface area (Å²) in [4.78, 5) is 15.6. The molecule has 0 fully saturated rings. The van der Waals surface area contributed by atoms with Crippen LogP contribution in [0.3, 0.4) is 0 Å². The van der Waals surface area contributed by atoms with E-state index in [-0.39, 0.29) is 19.1 Å². The molecule has 88 valence electrons. The second-order valence-corrected chi connectivity index (χ2v) is 4.34. The molecule has 0 bridgehead atoms. The number of methoxy groups -OCH3 is 1. The first-order chi connectivity index (χ1) is 7.65. The molecule has 16 heavy (non-hydrogen) atoms. The first-order valence-corrected chi connectivity index (χ1v) is 5.77. The van der Waals surface area contributed by atoms with Crippen LogP contribution in [0, 0.1) is 3.57 Å². The van der Waals surface area contributed by atoms with Crippen LogP contribution in [0.1, 0.15) is 10.4 Å². The van der Waals surface area contributed by atoms with Crippen LogP contribution < -0.4 is 5.32 Å². The molecule has 6 heteroatoms. The number of carbonyl (C=O) groups is 1. The van der Waals surface area contributed by atoms with Crippen LogP contribution in [-0.4, -0.2) is 42.4 Å². The lowest BCUT2D eigenvalue weighted by molar-refractivity contribution is 0.0609. The van der Waals surface area contributed by atoms with Crippen LogP contribution in [0.5, 0.6) is 0 Å². The van der Waals surface area contributed by atoms with Gasteiger partial charge in [0, 0.05) is 29.6 Å². The van der Waals surface area contributed by atoms with Crippen molar-refractivity contribution in [3.8, 4) is 0 Å². The normalized spacial score (nSPS) is 12.2. The fourth-order valence-corrected chi connectivity index (χ4v) is 1.70. The number of aliphatic hydroxyl groups is 1. The number of aromatic nitrogens is 1. The summed E-state index contributed by atoms with van der Waals surface area (Å²) in [5.74, 6) is -0.220. The second-order valence-electron chi connectivity index (χ2n) is 3.17. The van der Waals surface area contributed by atoms with E-state index in [1.165, 1.54) is 7.11 Å². The number of carbonyl (C=O) groups excluding carboxylic acids is 1. The zero-order valence-corrected chi connectivity index (χ0v) is 11.0. The minimum atomic E-state index is -0.687. The van der Waals surface area contributed by atoms with Crippen molar-refractivity contribution < 1.29 is 14.6 Å². The van der Waals surface area contributed by atoms with Gasteiger partial charge in [0.05, 0.1) is 18.3 Å². The maximum atomic E-state index is 11.7. The molecule has 1 amide bonds. The summed E-state index contributed by atoms with van der Waals surface area (Å²) in [6.07, 6.45) is 2.48. The number of halogens is 1. The fraction of sp³-hybridized carbons (Fsp3) is 0.400. The molecule has 0 saturated heterocycles. The summed E-state index contributed by atoms with van der Waals surface area (Å²) in [5.41, 5.74) is 0.556. The molecule has 0 aliphatic carbocycles. The zero-order valence-electron chi connectivity index (χ0n) is 8.81. The Bertz CT molecular complexity index is 360. The summed E-state index contributed by atoms with van der Waals surface area (Å²) in [6.45, 7) is 0.374. The maximum absolute atomic E-state index is 11.7. The van der Waals surface area contributed by atoms with Crippen molar-refractivity contribution in [2.75, 3.05) is 20.3 Å². The van der Waals surface area contributed by atoms with E-state index in [1.807, 2.05) is 22.6 Å². The van der Waals surface area contributed by atoms with Gasteiger partial charge in [-0.05, 0) is 28.7 Å². The summed E-state index contributed by atoms with van der Waals surface area (Å²) in [5, 5.41) is 12.0. The third-order valence-corrected chi connectivity index (χ3v) is 2.73. The molecule has 1 aromatic rings. The number of rotatable bonds is 5. The summed E-state index contributed by atoms with van der Waals surface area (Å²) in [7, 11) is 1.50. The minimum Gasteiger partial charge on any atom is -0.389 e. The number of nitrogens with zero attached hydrogens (tertiary/aromatic N) is 1. The van der Waals surface area contributed by atoms with Crippen LogP contribution in [0.4, 0.5) is 0 Å². The van der Waals surface area contributed by atoms with Gasteiger partial charge >= 0.3 is 0 Å². The van der Waals surface area contributed by atoms with Crippen molar-refractivity contribution in [3.63, 3.8) is 0 Å². The van der Waals surface area contributed by atoms with Crippen molar-refractivity contribution in [1.29, 1.82) is 0 Å². The molecule has 1 rings (SSSR count). The van der Waals surface area contributed by atoms with Crippen LogP contribution in [0.25, 0.3) is 0 Å². The Morgan fingerprint density at radius 1 is 1.75 bits per heavy atom. The van der Waals surface area contributed by atoms with Crippen molar-refractivity contribution >= 4 is 28.5 Å². The summed E-state index contributed by atoms with van der Waals surface area (Å²) >= 11 is 2.04. The predicted octanol–water partition coefficient (Wildman–Crippen LogP) is 0.423. The lowest BCUT2D eigenvalue weighted by Gasteiger charge is -2.11. The van der Waals surface area contributed by atoms with Gasteiger partial charge in [-0.25, -0.2) is 0 Å². The van der Waals surface area contributed by atoms with Gasteiger partial charge in [-0.2, -0.15) is 0 Å². The highest BCUT2D eigenvalue weighted by atomic mass is 127. The number of hydrogen-bond donors (Lipinski definition) is 2. The Labute approximate surface area is 107 Å². The molecule has 0 saturated carbocycles. The molecule has 5 nitrogen and oxygen atoms in total. The zero-order chi connectivity index (χ0) is 12.0. The van der Waals surface area contributed by atoms with Crippen molar-refractivity contribution in [3.05, 3.63) is 27.6 Å². The maximum Gasteiger partial charge on any atom is 0.252 e. The molecule has 0 aromatic carbocycles. The summed E-state index contributed by atoms with van der Waals surface area (Å²) in [6, 6.07) is 1.64. The highest BCUT2D eigenvalue weighted by molar-refractivity contribution is 14.1. The average molecular weight is 336 g/mol. The van der Waals surface area contributed by atoms with E-state index >= 15 is 0 Å². The van der Waals surface area contributed by atoms with Gasteiger partial charge in [-0.1, -0.05) is 0 Å². The first-order valence-electron chi connectivity index (χ1n) is 4.70. The smallest absolute Gasteiger partial charge is 0.252 e. The number of nitrogens with one attached hydrogen (secondary N) is 1. The Morgan fingerprint density at radius 3 is 3.12 bits per heavy atom. The van der Waals surface area contributed by atoms with Crippen LogP contribution >= 0.6 is 22.6 Å². The molecule has 1 aromatic heterocycles. The molecule has 1 heterocycles. The summed E-state index contributed by atoms with van der Waals surface area (Å²) < 4.78 is 5.53. The number of pyridine rings is 1. The Morgan fingerprint density at radius 2 is 2.50 bits per heavy atom. The van der Waals surface area contributed by atoms with Crippen molar-refractivity contribution in [2.24, 2.45) is 0 Å². The largest absolute Gasteiger partial charge is 0.389 e. The topological polar surface area (TPSA) is 71.5 Å². The van der Waals surface area contributed by atoms with Gasteiger partial charge in [-0.15, -0.1) is 0 Å². The van der Waals surface area contributed by atoms with E-state index in [2.05, 4.69) is 10.3 Å². The van der Waals surface area contributed by atoms with Gasteiger partial charge in [0.15, 0.2) is 0 Å². The molecule has 1 atom stereocenters. The van der Waals surface area contributed by atoms with E-state index in [1.54, 1.807) is 18.5 Å². The third-order valence-electron chi connectivity index (χ3n) is 1.87. The first kappa shape index (κ1) is 13.3. The third kappa shape index (κ3) is 4.03. The van der Waals surface area contributed by atoms with Crippen molar-refractivity contribution in [2.45, 2.75) is 6.10 Å². The van der Waals surface area contributed by atoms with E-state index in [0.717, 1.165) is 3.57 Å². The monoisotopic (exact) mass is 336 g/mol. The van der Waals surface area contributed by atoms with E-state index in [4.69, 9.17) is 4.74 Å². The lowest BCUT2D eigenvalue weighted by atomic mass is 10.2. The van der Waals surface area contributed by atoms with E-state index in [9.17, 15) is 9.90 Å². The minimum absolute atomic E-state index is 0.172. The SMILES string of the molecule is COC[C@@H](O)CNC(=O)c1ccncc1I. The van der Waals surface area contributed by atoms with E-state index in [0.29, 0.717) is 5.56 Å². The number of hydrogen-bond acceptors (Lipinski definition) is 4. The van der Waals surface area contributed by atoms with Gasteiger partial charge in [0.2, 0.25) is 0 Å². The number of aliphatic hydroxyl groups excluding tert-OH is 1. The Kier molecular flexibility index (Phi) is 5.64. The molecule has 0 spiro atoms. The fourth-order valence-electron chi connectivity index (χ4n) is 1.12. The molecule has 0 aliphatic heterocycles. The predicted molar refractivity (Wildman–Crippen MR) is 67.2 cm³/mol. The Balaban J connectivity index is 2.50. The highest BCUT2D eigenvalue weighted by Crippen LogP contribution is 2.09. The number of ether oxygens (including phenoxy) is 1. The van der Waals surface area contributed by atoms with Crippen LogP contribution in [-0.2, 0) is 4.74 Å². The quantitative estimate of drug-likeness (QED) is 0.765. The highest BCUT2D eigenvalue weighted by Gasteiger charge is 2.11. The Hall–Kier alpha value is -0.730. The molecular formula is C10H13IN2O3. The standard InChI is InChI=1S/C10H13IN2O3/c1-16-6-7(14)4-13-10(15)8-2-3-12-5-9(8)11/h2-3,5,7,14H,4,6H2,1H3,(H,13,15)/t7-/m0/s1. The molecule has 0 unspecified atom stereocenters. The molecule has 0 aliphatic rings. The second kappa shape index (κ2) is 6.77. The van der Waals surface area contributed by atoms with Gasteiger partial charge in [-0.3, -0.25) is 9.78 Å². The van der Waals surface area contributed by atoms with Crippen LogP contribution in [0.15, 0.2) is 18.5 Å². The van der Waals surface area contributed by atoms with E-state index < -0.39 is 6.10 Å². The lowest BCUT2D eigenvalue weighted by Crippen LogP contribution is -2.34. The van der Waals surface area contributed by atoms with Gasteiger partial charge in [0.1, 0.15) is 0 Å². The van der Waals surface area contributed by atoms with Gasteiger partial charge in [0.25, 0.3) is 5.91 Å². The molecule has 2 N–H and O–H groups in total. The van der Waals surface area contributed by atoms with Crippen LogP contribution in [0.2, 0.25) is 0 Å². The molecule has 0 radical (unpaired) electrons. The van der Waals surface area contributed by atoms with Crippen molar-refractivity contribution in [1.82, 2.24) is 10.3 Å². The average Bonchev–Trinajstić information content (AvgIpc) is 2.27. The van der Waals surface area contributed by atoms with Gasteiger partial charge < -0.3 is 15.2 Å². The molecular weight excluding hydrogens is 323 g/mol.